The fraction of sp³-hybridized carbons (Fsp3) is 0.719. The number of nitrogens with two attached hydrogens (primary N) is 1. The first-order chi connectivity index (χ1) is 17.2. The number of likely N-dealkylation sites (N-methyl/N-ethyl adjacent to an activating group) is 1. The van der Waals surface area contributed by atoms with E-state index in [1.54, 1.807) is 5.57 Å². The third-order valence-corrected chi connectivity index (χ3v) is 12.2. The summed E-state index contributed by atoms with van der Waals surface area (Å²) in [6, 6.07) is 10.7. The molecule has 9 atom stereocenters. The monoisotopic (exact) mass is 489 g/mol. The van der Waals surface area contributed by atoms with Crippen molar-refractivity contribution >= 4 is 5.91 Å². The molecule has 1 aromatic carbocycles. The van der Waals surface area contributed by atoms with E-state index in [4.69, 9.17) is 5.73 Å². The summed E-state index contributed by atoms with van der Waals surface area (Å²) in [5, 5.41) is 0. The van der Waals surface area contributed by atoms with Gasteiger partial charge in [-0.1, -0.05) is 48.9 Å². The van der Waals surface area contributed by atoms with Gasteiger partial charge in [0, 0.05) is 25.7 Å². The molecule has 1 amide bonds. The highest BCUT2D eigenvalue weighted by Gasteiger charge is 2.64. The molecule has 2 N–H and O–H groups in total. The largest absolute Gasteiger partial charge is 0.341 e. The maximum Gasteiger partial charge on any atom is 0.239 e. The van der Waals surface area contributed by atoms with Crippen molar-refractivity contribution in [2.24, 2.45) is 40.2 Å². The predicted molar refractivity (Wildman–Crippen MR) is 146 cm³/mol. The number of carbonyl (C=O) groups excluding carboxylic acids is 1. The number of likely N-dealkylation sites (tertiary alicyclic amines) is 1. The Morgan fingerprint density at radius 2 is 1.86 bits per heavy atom. The molecule has 4 heteroatoms. The van der Waals surface area contributed by atoms with E-state index in [1.807, 2.05) is 30.1 Å². The second kappa shape index (κ2) is 8.98. The summed E-state index contributed by atoms with van der Waals surface area (Å²) in [5.41, 5.74) is 10.1. The zero-order valence-electron chi connectivity index (χ0n) is 23.0. The van der Waals surface area contributed by atoms with Crippen LogP contribution in [0, 0.1) is 34.5 Å². The topological polar surface area (TPSA) is 49.6 Å². The van der Waals surface area contributed by atoms with Crippen molar-refractivity contribution in [3.8, 4) is 0 Å². The number of rotatable bonds is 4. The first-order valence-electron chi connectivity index (χ1n) is 14.7. The lowest BCUT2D eigenvalue weighted by Gasteiger charge is -2.58. The molecule has 4 nitrogen and oxygen atoms in total. The molecule has 4 aliphatic carbocycles. The molecular weight excluding hydrogens is 442 g/mol. The fourth-order valence-electron chi connectivity index (χ4n) is 10.2. The normalized spacial score (nSPS) is 42.5. The summed E-state index contributed by atoms with van der Waals surface area (Å²) >= 11 is 0. The van der Waals surface area contributed by atoms with Gasteiger partial charge in [0.15, 0.2) is 0 Å². The predicted octanol–water partition coefficient (Wildman–Crippen LogP) is 5.28. The molecule has 196 valence electrons. The number of carbonyl (C=O) groups is 1. The van der Waals surface area contributed by atoms with Gasteiger partial charge >= 0.3 is 0 Å². The van der Waals surface area contributed by atoms with Gasteiger partial charge in [0.1, 0.15) is 0 Å². The number of benzene rings is 1. The number of fused-ring (bicyclic) bond motifs is 4. The van der Waals surface area contributed by atoms with E-state index in [0.29, 0.717) is 17.3 Å². The Morgan fingerprint density at radius 1 is 1.11 bits per heavy atom. The Balaban J connectivity index is 1.16. The molecule has 0 radical (unpaired) electrons. The van der Waals surface area contributed by atoms with Crippen molar-refractivity contribution in [3.05, 3.63) is 47.5 Å². The van der Waals surface area contributed by atoms with Crippen molar-refractivity contribution < 1.29 is 4.79 Å². The van der Waals surface area contributed by atoms with Gasteiger partial charge in [-0.15, -0.1) is 0 Å². The minimum absolute atomic E-state index is 0.0952. The SMILES string of the molecule is C[C@H]1[C@H]2CC[C@H]3[C@@H]4CC=C5C[C@@H](N(C)C(=O)[C@H](N)Cc6ccccc6)CC[C@]5(C)C4CC[C@]23CN1C. The van der Waals surface area contributed by atoms with Gasteiger partial charge in [-0.3, -0.25) is 4.79 Å². The van der Waals surface area contributed by atoms with Crippen molar-refractivity contribution in [1.29, 1.82) is 0 Å². The standard InChI is InChI=1S/C32H47N3O/c1-21-26-12-13-28-25-11-10-23-19-24(35(4)30(36)29(33)18-22-8-6-5-7-9-22)14-16-31(23,2)27(25)15-17-32(26,28)20-34(21)3/h5-10,21,24-29H,11-20,33H2,1-4H3/t21-,24-,25+,26+,27?,28-,29+,31-,32-/m0/s1. The van der Waals surface area contributed by atoms with E-state index in [9.17, 15) is 4.79 Å². The van der Waals surface area contributed by atoms with Crippen LogP contribution in [0.2, 0.25) is 0 Å². The molecule has 1 saturated heterocycles. The van der Waals surface area contributed by atoms with E-state index >= 15 is 0 Å². The van der Waals surface area contributed by atoms with Crippen LogP contribution in [-0.2, 0) is 11.2 Å². The van der Waals surface area contributed by atoms with Crippen molar-refractivity contribution in [2.75, 3.05) is 20.6 Å². The van der Waals surface area contributed by atoms with Crippen LogP contribution in [0.15, 0.2) is 42.0 Å². The maximum atomic E-state index is 13.3. The lowest BCUT2D eigenvalue weighted by molar-refractivity contribution is -0.134. The Bertz CT molecular complexity index is 1020. The Morgan fingerprint density at radius 3 is 2.64 bits per heavy atom. The summed E-state index contributed by atoms with van der Waals surface area (Å²) in [5.74, 6) is 3.63. The quantitative estimate of drug-likeness (QED) is 0.586. The van der Waals surface area contributed by atoms with Crippen LogP contribution >= 0.6 is 0 Å². The van der Waals surface area contributed by atoms with Gasteiger partial charge in [-0.05, 0) is 112 Å². The van der Waals surface area contributed by atoms with Gasteiger partial charge in [0.25, 0.3) is 0 Å². The molecule has 1 aromatic rings. The average Bonchev–Trinajstić information content (AvgIpc) is 3.36. The van der Waals surface area contributed by atoms with Gasteiger partial charge in [-0.2, -0.15) is 0 Å². The number of hydrogen-bond acceptors (Lipinski definition) is 3. The zero-order valence-corrected chi connectivity index (χ0v) is 23.0. The van der Waals surface area contributed by atoms with E-state index in [1.165, 1.54) is 45.1 Å². The summed E-state index contributed by atoms with van der Waals surface area (Å²) in [6.07, 6.45) is 13.6. The minimum Gasteiger partial charge on any atom is -0.341 e. The zero-order chi connectivity index (χ0) is 25.2. The van der Waals surface area contributed by atoms with Crippen molar-refractivity contribution in [2.45, 2.75) is 89.8 Å². The Hall–Kier alpha value is -1.65. The van der Waals surface area contributed by atoms with E-state index in [-0.39, 0.29) is 11.9 Å². The van der Waals surface area contributed by atoms with Crippen LogP contribution < -0.4 is 5.73 Å². The molecule has 5 aliphatic rings. The van der Waals surface area contributed by atoms with Crippen LogP contribution in [0.25, 0.3) is 0 Å². The highest BCUT2D eigenvalue weighted by atomic mass is 16.2. The highest BCUT2D eigenvalue weighted by molar-refractivity contribution is 5.82. The molecule has 36 heavy (non-hydrogen) atoms. The van der Waals surface area contributed by atoms with Crippen LogP contribution in [0.5, 0.6) is 0 Å². The summed E-state index contributed by atoms with van der Waals surface area (Å²) in [6.45, 7) is 6.40. The molecular formula is C32H47N3O. The fourth-order valence-corrected chi connectivity index (χ4v) is 10.2. The van der Waals surface area contributed by atoms with Gasteiger partial charge in [-0.25, -0.2) is 0 Å². The van der Waals surface area contributed by atoms with E-state index < -0.39 is 6.04 Å². The second-order valence-corrected chi connectivity index (χ2v) is 13.5. The van der Waals surface area contributed by atoms with Gasteiger partial charge < -0.3 is 15.5 Å². The summed E-state index contributed by atoms with van der Waals surface area (Å²) in [7, 11) is 4.36. The summed E-state index contributed by atoms with van der Waals surface area (Å²) in [4.78, 5) is 17.9. The first-order valence-corrected chi connectivity index (χ1v) is 14.7. The molecule has 1 aliphatic heterocycles. The molecule has 3 saturated carbocycles. The number of allylic oxidation sites excluding steroid dienone is 1. The smallest absolute Gasteiger partial charge is 0.239 e. The van der Waals surface area contributed by atoms with Crippen LogP contribution in [0.4, 0.5) is 0 Å². The van der Waals surface area contributed by atoms with Crippen LogP contribution in [0.3, 0.4) is 0 Å². The first kappa shape index (κ1) is 24.7. The molecule has 1 spiro atoms. The molecule has 1 heterocycles. The maximum absolute atomic E-state index is 13.3. The Kier molecular flexibility index (Phi) is 6.15. The third kappa shape index (κ3) is 3.65. The molecule has 6 rings (SSSR count). The second-order valence-electron chi connectivity index (χ2n) is 13.5. The van der Waals surface area contributed by atoms with Crippen LogP contribution in [-0.4, -0.2) is 54.5 Å². The summed E-state index contributed by atoms with van der Waals surface area (Å²) < 4.78 is 0. The van der Waals surface area contributed by atoms with Crippen molar-refractivity contribution in [1.82, 2.24) is 9.80 Å². The highest BCUT2D eigenvalue weighted by Crippen LogP contribution is 2.68. The van der Waals surface area contributed by atoms with E-state index in [2.05, 4.69) is 44.0 Å². The van der Waals surface area contributed by atoms with Gasteiger partial charge in [0.2, 0.25) is 5.91 Å². The van der Waals surface area contributed by atoms with Gasteiger partial charge in [0.05, 0.1) is 6.04 Å². The molecule has 0 bridgehead atoms. The molecule has 4 fully saturated rings. The molecule has 1 unspecified atom stereocenters. The average molecular weight is 490 g/mol. The number of amides is 1. The Labute approximate surface area is 218 Å². The minimum atomic E-state index is -0.466. The van der Waals surface area contributed by atoms with E-state index in [0.717, 1.165) is 48.1 Å². The third-order valence-electron chi connectivity index (χ3n) is 12.2. The number of hydrogen-bond donors (Lipinski definition) is 1. The lowest BCUT2D eigenvalue weighted by atomic mass is 9.47. The van der Waals surface area contributed by atoms with Crippen molar-refractivity contribution in [3.63, 3.8) is 0 Å². The number of nitrogens with zero attached hydrogens (tertiary/aromatic N) is 2. The lowest BCUT2D eigenvalue weighted by Crippen LogP contribution is -2.54. The van der Waals surface area contributed by atoms with Crippen LogP contribution in [0.1, 0.15) is 70.8 Å². The molecule has 0 aromatic heterocycles.